The van der Waals surface area contributed by atoms with Crippen molar-refractivity contribution in [2.24, 2.45) is 0 Å². The van der Waals surface area contributed by atoms with Gasteiger partial charge in [0.15, 0.2) is 17.5 Å². The molecule has 2 rings (SSSR count). The van der Waals surface area contributed by atoms with E-state index in [2.05, 4.69) is 10.2 Å². The summed E-state index contributed by atoms with van der Waals surface area (Å²) in [6, 6.07) is 1.26. The number of aromatic amines is 1. The lowest BCUT2D eigenvalue weighted by molar-refractivity contribution is 0.421. The third kappa shape index (κ3) is 2.54. The van der Waals surface area contributed by atoms with Crippen molar-refractivity contribution >= 4 is 10.0 Å². The summed E-state index contributed by atoms with van der Waals surface area (Å²) in [6.07, 6.45) is 2.86. The van der Waals surface area contributed by atoms with E-state index in [1.807, 2.05) is 0 Å². The van der Waals surface area contributed by atoms with E-state index in [1.165, 1.54) is 19.4 Å². The molecule has 0 saturated carbocycles. The lowest BCUT2D eigenvalue weighted by Crippen LogP contribution is -2.27. The van der Waals surface area contributed by atoms with Crippen LogP contribution in [0.1, 0.15) is 5.56 Å². The molecule has 0 aliphatic carbocycles. The van der Waals surface area contributed by atoms with Crippen LogP contribution in [0.3, 0.4) is 0 Å². The molecule has 5 nitrogen and oxygen atoms in total. The average Bonchev–Trinajstić information content (AvgIpc) is 2.88. The molecule has 0 atom stereocenters. The summed E-state index contributed by atoms with van der Waals surface area (Å²) >= 11 is 0. The first-order valence-electron chi connectivity index (χ1n) is 5.41. The van der Waals surface area contributed by atoms with Crippen LogP contribution in [0.4, 0.5) is 13.2 Å². The van der Waals surface area contributed by atoms with Crippen LogP contribution in [0.15, 0.2) is 29.4 Å². The van der Waals surface area contributed by atoms with Crippen LogP contribution in [0.2, 0.25) is 0 Å². The van der Waals surface area contributed by atoms with Gasteiger partial charge in [0.05, 0.1) is 6.20 Å². The van der Waals surface area contributed by atoms with Crippen molar-refractivity contribution in [1.82, 2.24) is 14.5 Å². The van der Waals surface area contributed by atoms with E-state index >= 15 is 0 Å². The number of nitrogens with zero attached hydrogens (tertiary/aromatic N) is 2. The second-order valence-electron chi connectivity index (χ2n) is 4.04. The lowest BCUT2D eigenvalue weighted by atomic mass is 10.3. The van der Waals surface area contributed by atoms with Crippen LogP contribution in [0.25, 0.3) is 0 Å². The average molecular weight is 305 g/mol. The van der Waals surface area contributed by atoms with Gasteiger partial charge in [-0.3, -0.25) is 5.10 Å². The fraction of sp³-hybridized carbons (Fsp3) is 0.182. The summed E-state index contributed by atoms with van der Waals surface area (Å²) in [6.45, 7) is -0.0860. The monoisotopic (exact) mass is 305 g/mol. The maximum Gasteiger partial charge on any atom is 0.246 e. The predicted molar refractivity (Wildman–Crippen MR) is 63.6 cm³/mol. The Morgan fingerprint density at radius 3 is 2.55 bits per heavy atom. The number of hydrogen-bond acceptors (Lipinski definition) is 3. The molecule has 0 saturated heterocycles. The molecule has 1 aromatic carbocycles. The summed E-state index contributed by atoms with van der Waals surface area (Å²) in [5.41, 5.74) is 0.541. The van der Waals surface area contributed by atoms with Gasteiger partial charge in [-0.15, -0.1) is 0 Å². The van der Waals surface area contributed by atoms with E-state index in [1.54, 1.807) is 0 Å². The molecule has 1 aromatic heterocycles. The van der Waals surface area contributed by atoms with Crippen LogP contribution < -0.4 is 0 Å². The van der Waals surface area contributed by atoms with Crippen molar-refractivity contribution in [3.63, 3.8) is 0 Å². The van der Waals surface area contributed by atoms with Crippen molar-refractivity contribution in [1.29, 1.82) is 0 Å². The number of sulfonamides is 1. The fourth-order valence-electron chi connectivity index (χ4n) is 1.58. The summed E-state index contributed by atoms with van der Waals surface area (Å²) < 4.78 is 64.5. The largest absolute Gasteiger partial charge is 0.285 e. The van der Waals surface area contributed by atoms with Gasteiger partial charge in [-0.1, -0.05) is 0 Å². The molecule has 0 amide bonds. The number of rotatable bonds is 4. The Balaban J connectivity index is 2.37. The second kappa shape index (κ2) is 5.25. The second-order valence-corrected chi connectivity index (χ2v) is 6.05. The standard InChI is InChI=1S/C11H10F3N3O2S/c1-17(6-7-4-15-16-5-7)20(18,19)9-3-2-8(12)10(13)11(9)14/h2-5H,6H2,1H3,(H,15,16). The summed E-state index contributed by atoms with van der Waals surface area (Å²) in [7, 11) is -3.08. The number of H-pyrrole nitrogens is 1. The Morgan fingerprint density at radius 1 is 1.25 bits per heavy atom. The van der Waals surface area contributed by atoms with Crippen molar-refractivity contribution in [2.45, 2.75) is 11.4 Å². The molecule has 0 aliphatic heterocycles. The molecule has 108 valence electrons. The normalized spacial score (nSPS) is 12.1. The topological polar surface area (TPSA) is 66.1 Å². The van der Waals surface area contributed by atoms with Gasteiger partial charge < -0.3 is 0 Å². The van der Waals surface area contributed by atoms with Crippen molar-refractivity contribution in [2.75, 3.05) is 7.05 Å². The Labute approximate surface area is 113 Å². The van der Waals surface area contributed by atoms with E-state index in [9.17, 15) is 21.6 Å². The van der Waals surface area contributed by atoms with Crippen molar-refractivity contribution in [3.05, 3.63) is 47.5 Å². The molecule has 0 aliphatic rings. The molecular formula is C11H10F3N3O2S. The first-order chi connectivity index (χ1) is 9.34. The van der Waals surface area contributed by atoms with Crippen LogP contribution in [0.5, 0.6) is 0 Å². The zero-order valence-corrected chi connectivity index (χ0v) is 11.1. The predicted octanol–water partition coefficient (Wildman–Crippen LogP) is 1.65. The molecule has 20 heavy (non-hydrogen) atoms. The fourth-order valence-corrected chi connectivity index (χ4v) is 2.79. The van der Waals surface area contributed by atoms with Gasteiger partial charge in [-0.2, -0.15) is 9.40 Å². The van der Waals surface area contributed by atoms with Crippen LogP contribution in [-0.4, -0.2) is 30.0 Å². The van der Waals surface area contributed by atoms with E-state index in [0.717, 1.165) is 4.31 Å². The van der Waals surface area contributed by atoms with Gasteiger partial charge in [0.25, 0.3) is 0 Å². The number of aromatic nitrogens is 2. The van der Waals surface area contributed by atoms with Gasteiger partial charge in [-0.05, 0) is 12.1 Å². The van der Waals surface area contributed by atoms with E-state index in [4.69, 9.17) is 0 Å². The molecule has 0 spiro atoms. The number of hydrogen-bond donors (Lipinski definition) is 1. The van der Waals surface area contributed by atoms with Gasteiger partial charge in [0, 0.05) is 25.4 Å². The maximum atomic E-state index is 13.6. The van der Waals surface area contributed by atoms with Crippen LogP contribution in [0, 0.1) is 17.5 Å². The minimum atomic E-state index is -4.27. The quantitative estimate of drug-likeness (QED) is 0.873. The molecule has 1 N–H and O–H groups in total. The van der Waals surface area contributed by atoms with E-state index < -0.39 is 32.4 Å². The van der Waals surface area contributed by atoms with Gasteiger partial charge in [0.2, 0.25) is 10.0 Å². The molecule has 2 aromatic rings. The van der Waals surface area contributed by atoms with Gasteiger partial charge >= 0.3 is 0 Å². The highest BCUT2D eigenvalue weighted by molar-refractivity contribution is 7.89. The first kappa shape index (κ1) is 14.5. The maximum absolute atomic E-state index is 13.6. The number of nitrogens with one attached hydrogen (secondary N) is 1. The van der Waals surface area contributed by atoms with Crippen LogP contribution in [-0.2, 0) is 16.6 Å². The molecule has 0 bridgehead atoms. The minimum absolute atomic E-state index is 0.0860. The molecule has 0 radical (unpaired) electrons. The highest BCUT2D eigenvalue weighted by Gasteiger charge is 2.28. The van der Waals surface area contributed by atoms with Gasteiger partial charge in [0.1, 0.15) is 4.90 Å². The first-order valence-corrected chi connectivity index (χ1v) is 6.85. The summed E-state index contributed by atoms with van der Waals surface area (Å²) in [5.74, 6) is -4.99. The Hall–Kier alpha value is -1.87. The smallest absolute Gasteiger partial charge is 0.246 e. The highest BCUT2D eigenvalue weighted by Crippen LogP contribution is 2.23. The van der Waals surface area contributed by atoms with E-state index in [0.29, 0.717) is 17.7 Å². The van der Waals surface area contributed by atoms with Crippen LogP contribution >= 0.6 is 0 Å². The third-order valence-electron chi connectivity index (χ3n) is 2.65. The SMILES string of the molecule is CN(Cc1cn[nH]c1)S(=O)(=O)c1ccc(F)c(F)c1F. The Morgan fingerprint density at radius 2 is 1.95 bits per heavy atom. The summed E-state index contributed by atoms with van der Waals surface area (Å²) in [4.78, 5) is -0.914. The van der Waals surface area contributed by atoms with Crippen molar-refractivity contribution < 1.29 is 21.6 Å². The molecular weight excluding hydrogens is 295 g/mol. The highest BCUT2D eigenvalue weighted by atomic mass is 32.2. The van der Waals surface area contributed by atoms with Crippen molar-refractivity contribution in [3.8, 4) is 0 Å². The molecule has 0 fully saturated rings. The van der Waals surface area contributed by atoms with Gasteiger partial charge in [-0.25, -0.2) is 21.6 Å². The minimum Gasteiger partial charge on any atom is -0.285 e. The molecule has 1 heterocycles. The number of benzene rings is 1. The van der Waals surface area contributed by atoms with E-state index in [-0.39, 0.29) is 6.54 Å². The summed E-state index contributed by atoms with van der Waals surface area (Å²) in [5, 5.41) is 6.14. The third-order valence-corrected chi connectivity index (χ3v) is 4.47. The number of halogens is 3. The Bertz CT molecular complexity index is 717. The zero-order chi connectivity index (χ0) is 14.9. The lowest BCUT2D eigenvalue weighted by Gasteiger charge is -2.16. The molecule has 9 heteroatoms. The molecule has 0 unspecified atom stereocenters. The Kier molecular flexibility index (Phi) is 3.82. The zero-order valence-electron chi connectivity index (χ0n) is 10.3.